The van der Waals surface area contributed by atoms with Crippen LogP contribution in [0, 0.1) is 10.1 Å². The third-order valence-corrected chi connectivity index (χ3v) is 7.02. The molecule has 2 aromatic carbocycles. The molecule has 0 aliphatic heterocycles. The Labute approximate surface area is 155 Å². The molecule has 0 aliphatic carbocycles. The molecule has 0 spiro atoms. The quantitative estimate of drug-likeness (QED) is 0.473. The first-order valence-corrected chi connectivity index (χ1v) is 10.5. The van der Waals surface area contributed by atoms with Gasteiger partial charge < -0.3 is 0 Å². The molecule has 0 unspecified atom stereocenters. The minimum absolute atomic E-state index is 0.102. The zero-order valence-electron chi connectivity index (χ0n) is 13.6. The summed E-state index contributed by atoms with van der Waals surface area (Å²) in [6.07, 6.45) is 0. The summed E-state index contributed by atoms with van der Waals surface area (Å²) >= 11 is 0. The van der Waals surface area contributed by atoms with Crippen molar-refractivity contribution in [2.75, 3.05) is 0 Å². The zero-order chi connectivity index (χ0) is 19.7. The summed E-state index contributed by atoms with van der Waals surface area (Å²) < 4.78 is 51.0. The molecule has 0 aliphatic rings. The fourth-order valence-corrected chi connectivity index (χ4v) is 4.98. The SMILES string of the molecule is O=[N+]([O-])c1ccc(S(=O)(=O)c2ccccc2)nc1S(=O)(=O)c1ccccc1. The van der Waals surface area contributed by atoms with E-state index in [4.69, 9.17) is 0 Å². The van der Waals surface area contributed by atoms with Gasteiger partial charge in [-0.15, -0.1) is 0 Å². The number of benzene rings is 2. The lowest BCUT2D eigenvalue weighted by Gasteiger charge is -2.08. The third kappa shape index (κ3) is 3.44. The molecule has 10 heteroatoms. The molecule has 1 aromatic heterocycles. The summed E-state index contributed by atoms with van der Waals surface area (Å²) in [4.78, 5) is 13.7. The van der Waals surface area contributed by atoms with Crippen LogP contribution in [0.3, 0.4) is 0 Å². The Morgan fingerprint density at radius 3 is 1.67 bits per heavy atom. The number of sulfone groups is 2. The number of rotatable bonds is 5. The highest BCUT2D eigenvalue weighted by atomic mass is 32.2. The average Bonchev–Trinajstić information content (AvgIpc) is 2.68. The molecule has 0 radical (unpaired) electrons. The molecule has 0 saturated heterocycles. The molecule has 0 saturated carbocycles. The summed E-state index contributed by atoms with van der Waals surface area (Å²) in [6, 6.07) is 16.0. The maximum Gasteiger partial charge on any atom is 0.307 e. The fourth-order valence-electron chi connectivity index (χ4n) is 2.33. The lowest BCUT2D eigenvalue weighted by molar-refractivity contribution is -0.388. The van der Waals surface area contributed by atoms with Crippen LogP contribution in [0.5, 0.6) is 0 Å². The number of aromatic nitrogens is 1. The summed E-state index contributed by atoms with van der Waals surface area (Å²) in [5.41, 5.74) is -0.800. The topological polar surface area (TPSA) is 124 Å². The maximum absolute atomic E-state index is 12.8. The van der Waals surface area contributed by atoms with Gasteiger partial charge >= 0.3 is 5.69 Å². The van der Waals surface area contributed by atoms with Crippen molar-refractivity contribution < 1.29 is 21.8 Å². The highest BCUT2D eigenvalue weighted by molar-refractivity contribution is 7.92. The number of nitrogens with zero attached hydrogens (tertiary/aromatic N) is 2. The van der Waals surface area contributed by atoms with Crippen molar-refractivity contribution in [1.82, 2.24) is 4.98 Å². The smallest absolute Gasteiger partial charge is 0.258 e. The highest BCUT2D eigenvalue weighted by Crippen LogP contribution is 2.30. The van der Waals surface area contributed by atoms with Crippen molar-refractivity contribution in [1.29, 1.82) is 0 Å². The molecule has 27 heavy (non-hydrogen) atoms. The molecule has 138 valence electrons. The van der Waals surface area contributed by atoms with Crippen molar-refractivity contribution in [2.24, 2.45) is 0 Å². The lowest BCUT2D eigenvalue weighted by Crippen LogP contribution is -2.12. The maximum atomic E-state index is 12.8. The Morgan fingerprint density at radius 2 is 1.19 bits per heavy atom. The van der Waals surface area contributed by atoms with Crippen LogP contribution in [0.1, 0.15) is 0 Å². The zero-order valence-corrected chi connectivity index (χ0v) is 15.2. The first kappa shape index (κ1) is 18.7. The first-order chi connectivity index (χ1) is 12.7. The van der Waals surface area contributed by atoms with E-state index < -0.39 is 40.3 Å². The number of pyridine rings is 1. The second kappa shape index (κ2) is 6.89. The van der Waals surface area contributed by atoms with Gasteiger partial charge in [-0.3, -0.25) is 10.1 Å². The van der Waals surface area contributed by atoms with Crippen LogP contribution < -0.4 is 0 Å². The van der Waals surface area contributed by atoms with Crippen LogP contribution in [0.4, 0.5) is 5.69 Å². The molecule has 0 N–H and O–H groups in total. The van der Waals surface area contributed by atoms with Gasteiger partial charge in [0.2, 0.25) is 24.7 Å². The Bertz CT molecular complexity index is 1210. The van der Waals surface area contributed by atoms with Gasteiger partial charge in [-0.05, 0) is 30.3 Å². The molecular formula is C17H12N2O6S2. The largest absolute Gasteiger partial charge is 0.307 e. The monoisotopic (exact) mass is 404 g/mol. The van der Waals surface area contributed by atoms with E-state index in [-0.39, 0.29) is 9.79 Å². The summed E-state index contributed by atoms with van der Waals surface area (Å²) in [7, 11) is -8.54. The lowest BCUT2D eigenvalue weighted by atomic mass is 10.4. The highest BCUT2D eigenvalue weighted by Gasteiger charge is 2.32. The van der Waals surface area contributed by atoms with Crippen LogP contribution in [0.15, 0.2) is 92.6 Å². The summed E-state index contributed by atoms with van der Waals surface area (Å²) in [5.74, 6) is 0. The van der Waals surface area contributed by atoms with Crippen molar-refractivity contribution in [3.8, 4) is 0 Å². The standard InChI is InChI=1S/C17H12N2O6S2/c20-19(21)15-11-12-16(26(22,23)13-7-3-1-4-8-13)18-17(15)27(24,25)14-9-5-2-6-10-14/h1-12H. The summed E-state index contributed by atoms with van der Waals surface area (Å²) in [6.45, 7) is 0. The van der Waals surface area contributed by atoms with Crippen molar-refractivity contribution in [3.05, 3.63) is 82.9 Å². The van der Waals surface area contributed by atoms with Gasteiger partial charge in [0.15, 0.2) is 5.03 Å². The fraction of sp³-hybridized carbons (Fsp3) is 0. The molecule has 1 heterocycles. The summed E-state index contributed by atoms with van der Waals surface area (Å²) in [5, 5.41) is 9.77. The second-order valence-corrected chi connectivity index (χ2v) is 9.13. The van der Waals surface area contributed by atoms with E-state index in [0.717, 1.165) is 12.1 Å². The molecule has 0 fully saturated rings. The molecule has 8 nitrogen and oxygen atoms in total. The van der Waals surface area contributed by atoms with E-state index in [2.05, 4.69) is 4.98 Å². The van der Waals surface area contributed by atoms with Crippen molar-refractivity contribution in [3.63, 3.8) is 0 Å². The van der Waals surface area contributed by atoms with Crippen molar-refractivity contribution in [2.45, 2.75) is 19.8 Å². The molecule has 3 aromatic rings. The number of hydrogen-bond acceptors (Lipinski definition) is 7. The van der Waals surface area contributed by atoms with Crippen LogP contribution in [0.25, 0.3) is 0 Å². The first-order valence-electron chi connectivity index (χ1n) is 7.50. The Balaban J connectivity index is 2.26. The van der Waals surface area contributed by atoms with E-state index in [9.17, 15) is 26.9 Å². The molecule has 0 atom stereocenters. The van der Waals surface area contributed by atoms with Crippen LogP contribution in [-0.4, -0.2) is 26.7 Å². The minimum atomic E-state index is -4.40. The van der Waals surface area contributed by atoms with Gasteiger partial charge in [0.25, 0.3) is 0 Å². The molecule has 0 bridgehead atoms. The van der Waals surface area contributed by atoms with Gasteiger partial charge in [0.1, 0.15) is 0 Å². The van der Waals surface area contributed by atoms with Crippen LogP contribution in [0.2, 0.25) is 0 Å². The van der Waals surface area contributed by atoms with Crippen LogP contribution in [-0.2, 0) is 19.7 Å². The molecular weight excluding hydrogens is 392 g/mol. The third-order valence-electron chi connectivity index (χ3n) is 3.65. The number of hydrogen-bond donors (Lipinski definition) is 0. The Hall–Kier alpha value is -3.11. The van der Waals surface area contributed by atoms with Crippen LogP contribution >= 0.6 is 0 Å². The van der Waals surface area contributed by atoms with E-state index >= 15 is 0 Å². The van der Waals surface area contributed by atoms with Gasteiger partial charge in [0.05, 0.1) is 14.7 Å². The average molecular weight is 404 g/mol. The second-order valence-electron chi connectivity index (χ2n) is 5.36. The Morgan fingerprint density at radius 1 is 0.704 bits per heavy atom. The van der Waals surface area contributed by atoms with Gasteiger partial charge in [-0.1, -0.05) is 36.4 Å². The Kier molecular flexibility index (Phi) is 4.77. The molecule has 3 rings (SSSR count). The van der Waals surface area contributed by atoms with Gasteiger partial charge in [-0.25, -0.2) is 21.8 Å². The predicted molar refractivity (Wildman–Crippen MR) is 94.7 cm³/mol. The normalized spacial score (nSPS) is 11.9. The van der Waals surface area contributed by atoms with Gasteiger partial charge in [-0.2, -0.15) is 0 Å². The predicted octanol–water partition coefficient (Wildman–Crippen LogP) is 2.66. The van der Waals surface area contributed by atoms with E-state index in [1.54, 1.807) is 12.1 Å². The van der Waals surface area contributed by atoms with E-state index in [1.807, 2.05) is 0 Å². The van der Waals surface area contributed by atoms with E-state index in [1.165, 1.54) is 48.5 Å². The van der Waals surface area contributed by atoms with Crippen molar-refractivity contribution >= 4 is 25.4 Å². The van der Waals surface area contributed by atoms with E-state index in [0.29, 0.717) is 0 Å². The number of nitro groups is 1. The molecule has 0 amide bonds. The van der Waals surface area contributed by atoms with Gasteiger partial charge in [0, 0.05) is 6.07 Å². The minimum Gasteiger partial charge on any atom is -0.258 e.